The summed E-state index contributed by atoms with van der Waals surface area (Å²) in [6, 6.07) is 15.3. The van der Waals surface area contributed by atoms with Crippen molar-refractivity contribution in [2.24, 2.45) is 7.05 Å². The van der Waals surface area contributed by atoms with Gasteiger partial charge in [-0.15, -0.1) is 0 Å². The van der Waals surface area contributed by atoms with E-state index in [2.05, 4.69) is 15.3 Å². The van der Waals surface area contributed by atoms with Gasteiger partial charge in [0.15, 0.2) is 0 Å². The molecule has 0 unspecified atom stereocenters. The first-order valence-corrected chi connectivity index (χ1v) is 8.57. The van der Waals surface area contributed by atoms with Crippen molar-refractivity contribution < 1.29 is 0 Å². The number of anilines is 3. The first-order valence-electron chi connectivity index (χ1n) is 8.57. The number of rotatable bonds is 3. The molecule has 6 heteroatoms. The molecule has 3 heterocycles. The van der Waals surface area contributed by atoms with Gasteiger partial charge in [-0.25, -0.2) is 9.97 Å². The number of aromatic nitrogens is 3. The monoisotopic (exact) mass is 357 g/mol. The van der Waals surface area contributed by atoms with Gasteiger partial charge >= 0.3 is 0 Å². The molecule has 0 saturated carbocycles. The molecule has 0 aliphatic heterocycles. The molecule has 6 nitrogen and oxygen atoms in total. The standard InChI is InChI=1S/C21H19N5O/c1-13-5-3-4-6-16(13)18-9-14-10-19(23-12-17(14)21(22)25-18)24-15-7-8-26(2)20(27)11-15/h3-12H,1-2H3,(H2,22,25)(H,23,24). The SMILES string of the molecule is Cc1ccccc1-c1cc2cc(Nc3ccn(C)c(=O)c3)ncc2c(N)n1. The third kappa shape index (κ3) is 3.25. The van der Waals surface area contributed by atoms with Crippen LogP contribution in [0.5, 0.6) is 0 Å². The predicted octanol–water partition coefficient (Wildman–Crippen LogP) is 3.63. The molecule has 0 amide bonds. The second-order valence-corrected chi connectivity index (χ2v) is 6.49. The summed E-state index contributed by atoms with van der Waals surface area (Å²) in [6.45, 7) is 2.05. The number of nitrogens with two attached hydrogens (primary N) is 1. The van der Waals surface area contributed by atoms with Gasteiger partial charge in [0.2, 0.25) is 0 Å². The van der Waals surface area contributed by atoms with Crippen molar-refractivity contribution in [1.82, 2.24) is 14.5 Å². The van der Waals surface area contributed by atoms with Gasteiger partial charge in [-0.2, -0.15) is 0 Å². The quantitative estimate of drug-likeness (QED) is 0.585. The van der Waals surface area contributed by atoms with Crippen LogP contribution in [0.1, 0.15) is 5.56 Å². The average Bonchev–Trinajstić information content (AvgIpc) is 2.65. The summed E-state index contributed by atoms with van der Waals surface area (Å²) >= 11 is 0. The van der Waals surface area contributed by atoms with E-state index in [1.807, 2.05) is 49.4 Å². The molecular formula is C21H19N5O. The molecule has 3 aromatic heterocycles. The summed E-state index contributed by atoms with van der Waals surface area (Å²) in [5.41, 5.74) is 9.77. The Morgan fingerprint density at radius 3 is 2.70 bits per heavy atom. The zero-order valence-electron chi connectivity index (χ0n) is 15.1. The molecule has 0 aliphatic rings. The van der Waals surface area contributed by atoms with Crippen LogP contribution >= 0.6 is 0 Å². The van der Waals surface area contributed by atoms with E-state index in [0.717, 1.165) is 27.6 Å². The highest BCUT2D eigenvalue weighted by Crippen LogP contribution is 2.29. The normalized spacial score (nSPS) is 10.9. The number of nitrogens with one attached hydrogen (secondary N) is 1. The molecule has 0 radical (unpaired) electrons. The molecule has 0 fully saturated rings. The Bertz CT molecular complexity index is 1210. The van der Waals surface area contributed by atoms with Crippen molar-refractivity contribution in [3.8, 4) is 11.3 Å². The van der Waals surface area contributed by atoms with Gasteiger partial charge in [-0.3, -0.25) is 4.79 Å². The number of nitrogens with zero attached hydrogens (tertiary/aromatic N) is 3. The number of hydrogen-bond donors (Lipinski definition) is 2. The molecule has 0 aliphatic carbocycles. The Labute approximate surface area is 156 Å². The fraction of sp³-hybridized carbons (Fsp3) is 0.0952. The molecule has 4 rings (SSSR count). The van der Waals surface area contributed by atoms with Crippen molar-refractivity contribution >= 4 is 28.1 Å². The van der Waals surface area contributed by atoms with Gasteiger partial charge < -0.3 is 15.6 Å². The van der Waals surface area contributed by atoms with E-state index in [-0.39, 0.29) is 5.56 Å². The second kappa shape index (κ2) is 6.57. The number of pyridine rings is 3. The van der Waals surface area contributed by atoms with Crippen LogP contribution in [0.3, 0.4) is 0 Å². The van der Waals surface area contributed by atoms with Crippen LogP contribution in [-0.2, 0) is 7.05 Å². The lowest BCUT2D eigenvalue weighted by molar-refractivity contribution is 0.861. The van der Waals surface area contributed by atoms with Gasteiger partial charge in [0.25, 0.3) is 5.56 Å². The minimum absolute atomic E-state index is 0.0870. The maximum atomic E-state index is 11.8. The topological polar surface area (TPSA) is 85.8 Å². The third-order valence-electron chi connectivity index (χ3n) is 4.54. The highest BCUT2D eigenvalue weighted by atomic mass is 16.1. The molecule has 0 saturated heterocycles. The Morgan fingerprint density at radius 1 is 1.11 bits per heavy atom. The van der Waals surface area contributed by atoms with Gasteiger partial charge in [-0.1, -0.05) is 24.3 Å². The fourth-order valence-corrected chi connectivity index (χ4v) is 3.01. The van der Waals surface area contributed by atoms with E-state index >= 15 is 0 Å². The van der Waals surface area contributed by atoms with Crippen LogP contribution in [0, 0.1) is 6.92 Å². The zero-order valence-corrected chi connectivity index (χ0v) is 15.1. The van der Waals surface area contributed by atoms with Crippen molar-refractivity contribution in [3.63, 3.8) is 0 Å². The van der Waals surface area contributed by atoms with Crippen LogP contribution in [0.15, 0.2) is 65.7 Å². The van der Waals surface area contributed by atoms with E-state index in [1.54, 1.807) is 19.4 Å². The first-order chi connectivity index (χ1) is 13.0. The summed E-state index contributed by atoms with van der Waals surface area (Å²) < 4.78 is 1.51. The molecule has 1 aromatic carbocycles. The van der Waals surface area contributed by atoms with Gasteiger partial charge in [0, 0.05) is 42.1 Å². The molecule has 3 N–H and O–H groups in total. The lowest BCUT2D eigenvalue weighted by Crippen LogP contribution is -2.14. The molecule has 0 atom stereocenters. The van der Waals surface area contributed by atoms with Gasteiger partial charge in [0.1, 0.15) is 11.6 Å². The van der Waals surface area contributed by atoms with Gasteiger partial charge in [0.05, 0.1) is 5.69 Å². The van der Waals surface area contributed by atoms with Crippen LogP contribution in [0.25, 0.3) is 22.0 Å². The molecular weight excluding hydrogens is 338 g/mol. The largest absolute Gasteiger partial charge is 0.383 e. The van der Waals surface area contributed by atoms with Crippen molar-refractivity contribution in [2.75, 3.05) is 11.1 Å². The Hall–Kier alpha value is -3.67. The molecule has 0 bridgehead atoms. The lowest BCUT2D eigenvalue weighted by atomic mass is 10.0. The minimum atomic E-state index is -0.0870. The summed E-state index contributed by atoms with van der Waals surface area (Å²) in [7, 11) is 1.71. The summed E-state index contributed by atoms with van der Waals surface area (Å²) in [6.07, 6.45) is 3.41. The van der Waals surface area contributed by atoms with Crippen LogP contribution < -0.4 is 16.6 Å². The molecule has 27 heavy (non-hydrogen) atoms. The summed E-state index contributed by atoms with van der Waals surface area (Å²) in [5, 5.41) is 4.89. The van der Waals surface area contributed by atoms with Crippen LogP contribution in [0.4, 0.5) is 17.3 Å². The van der Waals surface area contributed by atoms with Crippen molar-refractivity contribution in [3.05, 3.63) is 76.8 Å². The predicted molar refractivity (Wildman–Crippen MR) is 109 cm³/mol. The Kier molecular flexibility index (Phi) is 4.08. The summed E-state index contributed by atoms with van der Waals surface area (Å²) in [5.74, 6) is 1.08. The Morgan fingerprint density at radius 2 is 1.93 bits per heavy atom. The van der Waals surface area contributed by atoms with E-state index in [0.29, 0.717) is 17.3 Å². The number of hydrogen-bond acceptors (Lipinski definition) is 5. The minimum Gasteiger partial charge on any atom is -0.383 e. The van der Waals surface area contributed by atoms with Crippen LogP contribution in [0.2, 0.25) is 0 Å². The molecule has 134 valence electrons. The zero-order chi connectivity index (χ0) is 19.0. The van der Waals surface area contributed by atoms with E-state index in [1.165, 1.54) is 10.6 Å². The highest BCUT2D eigenvalue weighted by Gasteiger charge is 2.09. The van der Waals surface area contributed by atoms with Crippen LogP contribution in [-0.4, -0.2) is 14.5 Å². The van der Waals surface area contributed by atoms with E-state index < -0.39 is 0 Å². The second-order valence-electron chi connectivity index (χ2n) is 6.49. The number of benzene rings is 1. The maximum Gasteiger partial charge on any atom is 0.252 e. The maximum absolute atomic E-state index is 11.8. The van der Waals surface area contributed by atoms with Gasteiger partial charge in [-0.05, 0) is 36.1 Å². The number of aryl methyl sites for hydroxylation is 2. The van der Waals surface area contributed by atoms with Crippen molar-refractivity contribution in [1.29, 1.82) is 0 Å². The third-order valence-corrected chi connectivity index (χ3v) is 4.54. The first kappa shape index (κ1) is 16.8. The lowest BCUT2D eigenvalue weighted by Gasteiger charge is -2.11. The van der Waals surface area contributed by atoms with E-state index in [9.17, 15) is 4.79 Å². The number of nitrogen functional groups attached to an aromatic ring is 1. The average molecular weight is 357 g/mol. The fourth-order valence-electron chi connectivity index (χ4n) is 3.01. The number of fused-ring (bicyclic) bond motifs is 1. The van der Waals surface area contributed by atoms with Crippen molar-refractivity contribution in [2.45, 2.75) is 6.92 Å². The Balaban J connectivity index is 1.77. The smallest absolute Gasteiger partial charge is 0.252 e. The highest BCUT2D eigenvalue weighted by molar-refractivity contribution is 5.94. The summed E-state index contributed by atoms with van der Waals surface area (Å²) in [4.78, 5) is 20.7. The molecule has 4 aromatic rings. The molecule has 0 spiro atoms. The van der Waals surface area contributed by atoms with E-state index in [4.69, 9.17) is 5.73 Å².